The lowest BCUT2D eigenvalue weighted by atomic mass is 9.72. The number of carbonyl (C=O) groups is 2. The van der Waals surface area contributed by atoms with Crippen LogP contribution in [-0.4, -0.2) is 68.2 Å². The maximum atomic E-state index is 12.4. The van der Waals surface area contributed by atoms with Crippen molar-refractivity contribution in [1.29, 1.82) is 0 Å². The second-order valence-corrected chi connectivity index (χ2v) is 6.04. The number of carboxylic acids is 1. The highest BCUT2D eigenvalue weighted by Crippen LogP contribution is 2.30. The number of nitrogens with two attached hydrogens (primary N) is 1. The molecule has 28 heavy (non-hydrogen) atoms. The summed E-state index contributed by atoms with van der Waals surface area (Å²) in [4.78, 5) is 27.5. The van der Waals surface area contributed by atoms with Crippen LogP contribution in [0.4, 0.5) is 0 Å². The molecule has 1 aliphatic heterocycles. The Bertz CT molecular complexity index is 903. The van der Waals surface area contributed by atoms with E-state index in [2.05, 4.69) is 25.8 Å². The summed E-state index contributed by atoms with van der Waals surface area (Å²) in [5, 5.41) is 33.2. The molecule has 0 saturated heterocycles. The number of tetrazole rings is 1. The molecule has 12 nitrogen and oxygen atoms in total. The normalized spacial score (nSPS) is 15.9. The average molecular weight is 387 g/mol. The molecule has 0 radical (unpaired) electrons. The number of hydrogen-bond acceptors (Lipinski definition) is 8. The number of aromatic nitrogens is 4. The van der Waals surface area contributed by atoms with Crippen molar-refractivity contribution in [3.8, 4) is 5.75 Å². The van der Waals surface area contributed by atoms with Crippen molar-refractivity contribution >= 4 is 25.3 Å². The Morgan fingerprint density at radius 3 is 3.07 bits per heavy atom. The van der Waals surface area contributed by atoms with Crippen molar-refractivity contribution in [3.63, 3.8) is 0 Å². The average Bonchev–Trinajstić information content (AvgIpc) is 3.09. The van der Waals surface area contributed by atoms with Crippen LogP contribution < -0.4 is 15.7 Å². The summed E-state index contributed by atoms with van der Waals surface area (Å²) in [6, 6.07) is 4.66. The fourth-order valence-corrected chi connectivity index (χ4v) is 2.87. The van der Waals surface area contributed by atoms with Crippen molar-refractivity contribution in [2.24, 2.45) is 10.7 Å². The molecule has 0 bridgehead atoms. The highest BCUT2D eigenvalue weighted by molar-refractivity contribution is 6.47. The molecule has 0 unspecified atom stereocenters. The number of benzene rings is 1. The van der Waals surface area contributed by atoms with Crippen molar-refractivity contribution in [1.82, 2.24) is 25.5 Å². The fraction of sp³-hybridized carbons (Fsp3) is 0.333. The summed E-state index contributed by atoms with van der Waals surface area (Å²) >= 11 is 0. The number of nitrogens with zero attached hydrogens (tertiary/aromatic N) is 5. The van der Waals surface area contributed by atoms with E-state index in [0.717, 1.165) is 0 Å². The van der Waals surface area contributed by atoms with Gasteiger partial charge in [-0.2, -0.15) is 0 Å². The van der Waals surface area contributed by atoms with Gasteiger partial charge >= 0.3 is 13.1 Å². The van der Waals surface area contributed by atoms with Gasteiger partial charge in [0.1, 0.15) is 5.75 Å². The Hall–Kier alpha value is -3.48. The lowest BCUT2D eigenvalue weighted by molar-refractivity contribution is -0.121. The number of aromatic carboxylic acids is 1. The number of amides is 1. The molecule has 13 heteroatoms. The van der Waals surface area contributed by atoms with E-state index < -0.39 is 24.9 Å². The number of rotatable bonds is 7. The number of carboxylic acid groups (broad SMARTS) is 1. The van der Waals surface area contributed by atoms with E-state index in [9.17, 15) is 19.7 Å². The number of fused-ring (bicyclic) bond motifs is 1. The van der Waals surface area contributed by atoms with Crippen LogP contribution in [0, 0.1) is 0 Å². The van der Waals surface area contributed by atoms with Gasteiger partial charge in [0.05, 0.1) is 37.4 Å². The van der Waals surface area contributed by atoms with Crippen LogP contribution in [0.5, 0.6) is 5.75 Å². The van der Waals surface area contributed by atoms with Gasteiger partial charge in [-0.25, -0.2) is 9.48 Å². The van der Waals surface area contributed by atoms with E-state index in [4.69, 9.17) is 10.4 Å². The maximum Gasteiger partial charge on any atom is 0.547 e. The summed E-state index contributed by atoms with van der Waals surface area (Å²) < 4.78 is 6.79. The van der Waals surface area contributed by atoms with Crippen LogP contribution in [0.15, 0.2) is 23.2 Å². The Labute approximate surface area is 159 Å². The van der Waals surface area contributed by atoms with Gasteiger partial charge in [0.25, 0.3) is 0 Å². The minimum atomic E-state index is -1.38. The number of nitrogens with one attached hydrogen (secondary N) is 1. The first-order valence-corrected chi connectivity index (χ1v) is 8.44. The van der Waals surface area contributed by atoms with E-state index in [1.807, 2.05) is 0 Å². The van der Waals surface area contributed by atoms with Crippen molar-refractivity contribution < 1.29 is 24.4 Å². The largest absolute Gasteiger partial charge is 0.547 e. The molecule has 0 saturated carbocycles. The molecule has 1 amide bonds. The monoisotopic (exact) mass is 387 g/mol. The molecule has 0 aliphatic carbocycles. The third-order valence-electron chi connectivity index (χ3n) is 4.17. The lowest BCUT2D eigenvalue weighted by Crippen LogP contribution is -2.53. The predicted molar refractivity (Wildman–Crippen MR) is 96.7 cm³/mol. The van der Waals surface area contributed by atoms with Crippen LogP contribution in [-0.2, 0) is 24.2 Å². The second kappa shape index (κ2) is 8.48. The summed E-state index contributed by atoms with van der Waals surface area (Å²) in [7, 11) is -1.38. The first kappa shape index (κ1) is 19.3. The molecular formula is C15H18BN7O5. The molecule has 0 fully saturated rings. The van der Waals surface area contributed by atoms with Crippen molar-refractivity contribution in [3.05, 3.63) is 35.2 Å². The smallest absolute Gasteiger partial charge is 0.534 e. The molecule has 1 aromatic heterocycles. The summed E-state index contributed by atoms with van der Waals surface area (Å²) in [5.74, 6) is -1.86. The number of para-hydroxylation sites is 1. The minimum absolute atomic E-state index is 0.0411. The highest BCUT2D eigenvalue weighted by Gasteiger charge is 2.37. The van der Waals surface area contributed by atoms with E-state index >= 15 is 0 Å². The first-order valence-electron chi connectivity index (χ1n) is 8.44. The number of hydrogen-bond donors (Lipinski definition) is 4. The standard InChI is InChI=1S/C15H18BN7O5/c17-8-18-4-5-23-12(20-21-22-23)7-13(24)19-11-6-9-2-1-3-10(15(25)26)14(9)28-16(11)27/h1-3,8,11,27H,4-7H2,(H2,17,18)(H,19,24)(H,25,26)/t11-/m0/s1. The molecule has 2 aromatic rings. The number of carbonyl (C=O) groups excluding carboxylic acids is 1. The Morgan fingerprint density at radius 2 is 2.32 bits per heavy atom. The third kappa shape index (κ3) is 4.25. The van der Waals surface area contributed by atoms with E-state index in [0.29, 0.717) is 24.5 Å². The van der Waals surface area contributed by atoms with Crippen molar-refractivity contribution in [2.75, 3.05) is 6.54 Å². The van der Waals surface area contributed by atoms with Gasteiger partial charge in [0.2, 0.25) is 5.91 Å². The predicted octanol–water partition coefficient (Wildman–Crippen LogP) is -1.96. The van der Waals surface area contributed by atoms with Gasteiger partial charge < -0.3 is 25.8 Å². The van der Waals surface area contributed by atoms with Gasteiger partial charge in [-0.05, 0) is 28.5 Å². The van der Waals surface area contributed by atoms with Crippen molar-refractivity contribution in [2.45, 2.75) is 25.3 Å². The quantitative estimate of drug-likeness (QED) is 0.238. The Morgan fingerprint density at radius 1 is 1.50 bits per heavy atom. The fourth-order valence-electron chi connectivity index (χ4n) is 2.87. The first-order chi connectivity index (χ1) is 13.5. The molecule has 3 rings (SSSR count). The number of aliphatic imine (C=N–C) groups is 1. The zero-order valence-electron chi connectivity index (χ0n) is 14.7. The summed E-state index contributed by atoms with van der Waals surface area (Å²) in [5.41, 5.74) is 5.72. The van der Waals surface area contributed by atoms with E-state index in [1.54, 1.807) is 12.1 Å². The molecule has 1 atom stereocenters. The molecular weight excluding hydrogens is 369 g/mol. The molecule has 0 spiro atoms. The van der Waals surface area contributed by atoms with Gasteiger partial charge in [0, 0.05) is 0 Å². The third-order valence-corrected chi connectivity index (χ3v) is 4.17. The Balaban J connectivity index is 1.65. The Kier molecular flexibility index (Phi) is 5.84. The van der Waals surface area contributed by atoms with Crippen LogP contribution in [0.1, 0.15) is 21.7 Å². The van der Waals surface area contributed by atoms with E-state index in [-0.39, 0.29) is 24.2 Å². The molecule has 2 heterocycles. The van der Waals surface area contributed by atoms with Crippen LogP contribution >= 0.6 is 0 Å². The zero-order valence-corrected chi connectivity index (χ0v) is 14.7. The zero-order chi connectivity index (χ0) is 20.1. The van der Waals surface area contributed by atoms with Gasteiger partial charge in [-0.15, -0.1) is 5.10 Å². The summed E-state index contributed by atoms with van der Waals surface area (Å²) in [6.07, 6.45) is 1.29. The summed E-state index contributed by atoms with van der Waals surface area (Å²) in [6.45, 7) is 0.734. The highest BCUT2D eigenvalue weighted by atomic mass is 16.5. The van der Waals surface area contributed by atoms with Crippen LogP contribution in [0.3, 0.4) is 0 Å². The topological polar surface area (TPSA) is 178 Å². The minimum Gasteiger partial charge on any atom is -0.534 e. The molecule has 146 valence electrons. The molecule has 5 N–H and O–H groups in total. The van der Waals surface area contributed by atoms with Crippen LogP contribution in [0.25, 0.3) is 0 Å². The second-order valence-electron chi connectivity index (χ2n) is 6.04. The maximum absolute atomic E-state index is 12.4. The van der Waals surface area contributed by atoms with Gasteiger partial charge in [-0.1, -0.05) is 12.1 Å². The van der Waals surface area contributed by atoms with E-state index in [1.165, 1.54) is 17.1 Å². The van der Waals surface area contributed by atoms with Gasteiger partial charge in [0.15, 0.2) is 5.82 Å². The van der Waals surface area contributed by atoms with Gasteiger partial charge in [-0.3, -0.25) is 9.79 Å². The lowest BCUT2D eigenvalue weighted by Gasteiger charge is -2.28. The molecule has 1 aliphatic rings. The van der Waals surface area contributed by atoms with Crippen LogP contribution in [0.2, 0.25) is 0 Å². The molecule has 1 aromatic carbocycles. The SMILES string of the molecule is NC=NCCn1nnnc1CC(=O)N[C@H]1Cc2cccc(C(=O)O)c2OB1O.